The summed E-state index contributed by atoms with van der Waals surface area (Å²) in [6.45, 7) is 2.09. The summed E-state index contributed by atoms with van der Waals surface area (Å²) < 4.78 is 5.27. The first-order chi connectivity index (χ1) is 3.39. The van der Waals surface area contributed by atoms with Gasteiger partial charge in [0, 0.05) is 0 Å². The average Bonchev–Trinajstić information content (AvgIpc) is 1.69. The highest BCUT2D eigenvalue weighted by molar-refractivity contribution is 14.2. The fraction of sp³-hybridized carbons (Fsp3) is 0.167. The topological polar surface area (TPSA) is 0 Å². The molecule has 1 aliphatic heterocycles. The minimum absolute atomic E-state index is 0.120. The molecule has 1 rings (SSSR count). The smallest absolute Gasteiger partial charge is 0.00769 e. The van der Waals surface area contributed by atoms with Crippen LogP contribution < -0.4 is 0 Å². The number of allylic oxidation sites excluding steroid dienone is 2. The van der Waals surface area contributed by atoms with Gasteiger partial charge in [0.2, 0.25) is 0 Å². The van der Waals surface area contributed by atoms with Crippen LogP contribution in [0.25, 0.3) is 0 Å². The molecule has 0 saturated heterocycles. The lowest BCUT2D eigenvalue weighted by atomic mass is 10.3. The van der Waals surface area contributed by atoms with Crippen LogP contribution in [0.15, 0.2) is 11.6 Å². The first-order valence-corrected chi connectivity index (χ1v) is 4.35. The van der Waals surface area contributed by atoms with Gasteiger partial charge in [0.05, 0.1) is 0 Å². The van der Waals surface area contributed by atoms with Gasteiger partial charge in [-0.05, 0) is 47.2 Å². The summed E-state index contributed by atoms with van der Waals surface area (Å²) in [6.07, 6.45) is 1.96. The van der Waals surface area contributed by atoms with Crippen molar-refractivity contribution in [1.82, 2.24) is 0 Å². The van der Waals surface area contributed by atoms with Gasteiger partial charge in [0.25, 0.3) is 0 Å². The monoisotopic (exact) mass is 204 g/mol. The Morgan fingerprint density at radius 3 is 2.86 bits per heavy atom. The van der Waals surface area contributed by atoms with Gasteiger partial charge in [-0.25, -0.2) is 0 Å². The number of rotatable bonds is 0. The van der Waals surface area contributed by atoms with Crippen LogP contribution >= 0.6 is 20.7 Å². The summed E-state index contributed by atoms with van der Waals surface area (Å²) in [7, 11) is 0. The second kappa shape index (κ2) is 2.27. The van der Waals surface area contributed by atoms with Crippen molar-refractivity contribution in [3.63, 3.8) is 0 Å². The van der Waals surface area contributed by atoms with E-state index >= 15 is 0 Å². The van der Waals surface area contributed by atoms with Crippen molar-refractivity contribution in [3.8, 4) is 9.85 Å². The molecule has 0 amide bonds. The third-order valence-corrected chi connectivity index (χ3v) is 2.55. The maximum atomic E-state index is 3.04. The van der Waals surface area contributed by atoms with Crippen LogP contribution in [0.4, 0.5) is 0 Å². The molecule has 0 radical (unpaired) electrons. The number of halogens is 1. The Morgan fingerprint density at radius 2 is 2.57 bits per heavy atom. The highest BCUT2D eigenvalue weighted by atomic mass is 127. The van der Waals surface area contributed by atoms with Crippen molar-refractivity contribution in [2.45, 2.75) is 6.92 Å². The van der Waals surface area contributed by atoms with Crippen molar-refractivity contribution in [3.05, 3.63) is 11.6 Å². The van der Waals surface area contributed by atoms with Crippen LogP contribution in [0.1, 0.15) is 6.92 Å². The van der Waals surface area contributed by atoms with Crippen molar-refractivity contribution in [1.29, 1.82) is 0 Å². The Morgan fingerprint density at radius 1 is 1.71 bits per heavy atom. The molecule has 36 valence electrons. The van der Waals surface area contributed by atoms with E-state index in [0.29, 0.717) is 0 Å². The van der Waals surface area contributed by atoms with E-state index in [1.165, 1.54) is 5.57 Å². The predicted molar refractivity (Wildman–Crippen MR) is 41.6 cm³/mol. The molecule has 0 atom stereocenters. The minimum atomic E-state index is 0.120. The van der Waals surface area contributed by atoms with Gasteiger partial charge in [0.1, 0.15) is 0 Å². The lowest BCUT2D eigenvalue weighted by Gasteiger charge is -1.84. The van der Waals surface area contributed by atoms with E-state index in [0.717, 1.165) is 0 Å². The molecule has 1 aliphatic rings. The second-order valence-corrected chi connectivity index (χ2v) is 3.13. The van der Waals surface area contributed by atoms with E-state index in [4.69, 9.17) is 0 Å². The fourth-order valence-corrected chi connectivity index (χ4v) is 1.48. The Kier molecular flexibility index (Phi) is 1.64. The molecule has 0 N–H and O–H groups in total. The van der Waals surface area contributed by atoms with Crippen molar-refractivity contribution < 1.29 is 0 Å². The molecule has 0 bridgehead atoms. The first kappa shape index (κ1) is 5.04. The van der Waals surface area contributed by atoms with E-state index in [-0.39, 0.29) is 20.7 Å². The molecule has 0 fully saturated rings. The predicted octanol–water partition coefficient (Wildman–Crippen LogP) is 1.68. The molecule has 1 heterocycles. The van der Waals surface area contributed by atoms with Crippen molar-refractivity contribution in [2.75, 3.05) is 0 Å². The standard InChI is InChI=1S/C6H5I/c1-6-3-2-4-7-5-6/h3,5H,1H3. The minimum Gasteiger partial charge on any atom is -0.0637 e. The largest absolute Gasteiger partial charge is 0.0637 e. The van der Waals surface area contributed by atoms with Crippen LogP contribution in [-0.4, -0.2) is 4.01 Å². The molecule has 0 aromatic carbocycles. The van der Waals surface area contributed by atoms with Gasteiger partial charge in [-0.2, -0.15) is 0 Å². The second-order valence-electron chi connectivity index (χ2n) is 1.35. The molecule has 0 aromatic heterocycles. The van der Waals surface area contributed by atoms with Crippen LogP contribution in [0.3, 0.4) is 0 Å². The SMILES string of the molecule is CC1=CC#CI=C1. The van der Waals surface area contributed by atoms with E-state index in [1.54, 1.807) is 0 Å². The summed E-state index contributed by atoms with van der Waals surface area (Å²) in [6, 6.07) is 0. The molecule has 0 aliphatic carbocycles. The van der Waals surface area contributed by atoms with Crippen LogP contribution in [0.2, 0.25) is 0 Å². The number of hydrogen-bond acceptors (Lipinski definition) is 0. The molecule has 1 heteroatoms. The molecule has 0 unspecified atom stereocenters. The average molecular weight is 204 g/mol. The quantitative estimate of drug-likeness (QED) is 0.416. The summed E-state index contributed by atoms with van der Waals surface area (Å²) >= 11 is 0.120. The van der Waals surface area contributed by atoms with Gasteiger partial charge in [-0.15, -0.1) is 0 Å². The lowest BCUT2D eigenvalue weighted by molar-refractivity contribution is 1.66. The van der Waals surface area contributed by atoms with E-state index in [9.17, 15) is 0 Å². The van der Waals surface area contributed by atoms with Crippen LogP contribution in [0.5, 0.6) is 0 Å². The van der Waals surface area contributed by atoms with Gasteiger partial charge < -0.3 is 0 Å². The zero-order valence-electron chi connectivity index (χ0n) is 4.03. The maximum absolute atomic E-state index is 3.04. The third kappa shape index (κ3) is 1.44. The summed E-state index contributed by atoms with van der Waals surface area (Å²) in [5.41, 5.74) is 1.34. The Balaban J connectivity index is 2.91. The van der Waals surface area contributed by atoms with Gasteiger partial charge in [-0.1, -0.05) is 5.92 Å². The fourth-order valence-electron chi connectivity index (χ4n) is 0.317. The zero-order chi connectivity index (χ0) is 5.11. The van der Waals surface area contributed by atoms with Crippen LogP contribution in [-0.2, 0) is 0 Å². The van der Waals surface area contributed by atoms with Crippen molar-refractivity contribution >= 4 is 24.7 Å². The maximum Gasteiger partial charge on any atom is -0.00769 e. The third-order valence-electron chi connectivity index (χ3n) is 0.636. The molecule has 0 aromatic rings. The van der Waals surface area contributed by atoms with E-state index in [1.807, 2.05) is 6.08 Å². The molecule has 0 nitrogen and oxygen atoms in total. The summed E-state index contributed by atoms with van der Waals surface area (Å²) in [4.78, 5) is 0. The van der Waals surface area contributed by atoms with Crippen molar-refractivity contribution in [2.24, 2.45) is 0 Å². The lowest BCUT2D eigenvalue weighted by Crippen LogP contribution is -1.72. The van der Waals surface area contributed by atoms with Crippen LogP contribution in [0, 0.1) is 9.85 Å². The number of hydrogen-bond donors (Lipinski definition) is 0. The highest BCUT2D eigenvalue weighted by Crippen LogP contribution is 2.00. The van der Waals surface area contributed by atoms with Gasteiger partial charge in [0.15, 0.2) is 0 Å². The zero-order valence-corrected chi connectivity index (χ0v) is 6.19. The Labute approximate surface area is 53.4 Å². The summed E-state index contributed by atoms with van der Waals surface area (Å²) in [5, 5.41) is 0. The van der Waals surface area contributed by atoms with Gasteiger partial charge >= 0.3 is 0 Å². The molecule has 0 spiro atoms. The van der Waals surface area contributed by atoms with E-state index < -0.39 is 0 Å². The highest BCUT2D eigenvalue weighted by Gasteiger charge is 1.78. The summed E-state index contributed by atoms with van der Waals surface area (Å²) in [5.74, 6) is 2.94. The molecular weight excluding hydrogens is 199 g/mol. The van der Waals surface area contributed by atoms with Gasteiger partial charge in [-0.3, -0.25) is 0 Å². The first-order valence-electron chi connectivity index (χ1n) is 2.02. The molecule has 7 heavy (non-hydrogen) atoms. The Hall–Kier alpha value is -0.100. The molecule has 0 saturated carbocycles. The van der Waals surface area contributed by atoms with E-state index in [2.05, 4.69) is 20.8 Å². The Bertz CT molecular complexity index is 176. The molecular formula is C6H5I. The normalized spacial score (nSPS) is 15.9.